The summed E-state index contributed by atoms with van der Waals surface area (Å²) < 4.78 is 27.7. The van der Waals surface area contributed by atoms with Gasteiger partial charge in [0.2, 0.25) is 0 Å². The smallest absolute Gasteiger partial charge is 0.338 e. The summed E-state index contributed by atoms with van der Waals surface area (Å²) in [6, 6.07) is 11.7. The first kappa shape index (κ1) is 19.7. The monoisotopic (exact) mass is 375 g/mol. The second kappa shape index (κ2) is 8.14. The van der Waals surface area contributed by atoms with Crippen LogP contribution in [0.4, 0.5) is 5.69 Å². The normalized spacial score (nSPS) is 11.0. The van der Waals surface area contributed by atoms with Crippen molar-refractivity contribution in [3.05, 3.63) is 64.7 Å². The van der Waals surface area contributed by atoms with E-state index in [-0.39, 0.29) is 11.3 Å². The van der Waals surface area contributed by atoms with Gasteiger partial charge in [-0.2, -0.15) is 0 Å². The van der Waals surface area contributed by atoms with Crippen LogP contribution in [0.25, 0.3) is 0 Å². The average Bonchev–Trinajstić information content (AvgIpc) is 2.55. The van der Waals surface area contributed by atoms with E-state index < -0.39 is 28.3 Å². The van der Waals surface area contributed by atoms with Crippen molar-refractivity contribution in [3.63, 3.8) is 0 Å². The van der Waals surface area contributed by atoms with Gasteiger partial charge in [0, 0.05) is 11.9 Å². The molecule has 0 saturated heterocycles. The molecule has 0 unspecified atom stereocenters. The van der Waals surface area contributed by atoms with Crippen molar-refractivity contribution in [2.24, 2.45) is 0 Å². The van der Waals surface area contributed by atoms with E-state index in [2.05, 4.69) is 5.32 Å². The Morgan fingerprint density at radius 1 is 1.04 bits per heavy atom. The number of hydrogen-bond donors (Lipinski definition) is 1. The third-order valence-electron chi connectivity index (χ3n) is 3.72. The lowest BCUT2D eigenvalue weighted by Gasteiger charge is -2.09. The molecule has 0 aliphatic rings. The molecule has 6 nitrogen and oxygen atoms in total. The summed E-state index contributed by atoms with van der Waals surface area (Å²) in [5.74, 6) is -1.30. The molecule has 26 heavy (non-hydrogen) atoms. The number of hydrogen-bond acceptors (Lipinski definition) is 5. The minimum atomic E-state index is -3.20. The van der Waals surface area contributed by atoms with Crippen molar-refractivity contribution >= 4 is 27.4 Å². The predicted octanol–water partition coefficient (Wildman–Crippen LogP) is 2.64. The van der Waals surface area contributed by atoms with E-state index in [1.54, 1.807) is 18.2 Å². The highest BCUT2D eigenvalue weighted by atomic mass is 32.2. The zero-order chi connectivity index (χ0) is 19.3. The van der Waals surface area contributed by atoms with Crippen molar-refractivity contribution in [2.75, 3.05) is 18.2 Å². The minimum absolute atomic E-state index is 0.165. The number of carbonyl (C=O) groups excluding carboxylic acids is 2. The van der Waals surface area contributed by atoms with E-state index >= 15 is 0 Å². The molecule has 0 saturated carbocycles. The fourth-order valence-electron chi connectivity index (χ4n) is 2.32. The van der Waals surface area contributed by atoms with Gasteiger partial charge in [-0.3, -0.25) is 4.79 Å². The molecule has 2 rings (SSSR count). The minimum Gasteiger partial charge on any atom is -0.452 e. The lowest BCUT2D eigenvalue weighted by atomic mass is 10.1. The van der Waals surface area contributed by atoms with E-state index in [9.17, 15) is 18.0 Å². The Balaban J connectivity index is 1.94. The van der Waals surface area contributed by atoms with Crippen LogP contribution in [0.3, 0.4) is 0 Å². The van der Waals surface area contributed by atoms with Crippen molar-refractivity contribution in [1.29, 1.82) is 0 Å². The summed E-state index contributed by atoms with van der Waals surface area (Å²) in [5, 5.41) is 2.66. The van der Waals surface area contributed by atoms with Crippen LogP contribution in [0.15, 0.2) is 42.5 Å². The van der Waals surface area contributed by atoms with Gasteiger partial charge < -0.3 is 10.1 Å². The van der Waals surface area contributed by atoms with Crippen LogP contribution >= 0.6 is 0 Å². The largest absolute Gasteiger partial charge is 0.452 e. The van der Waals surface area contributed by atoms with Gasteiger partial charge in [-0.15, -0.1) is 0 Å². The molecule has 0 fully saturated rings. The number of amides is 1. The quantitative estimate of drug-likeness (QED) is 0.784. The van der Waals surface area contributed by atoms with Gasteiger partial charge in [0.25, 0.3) is 5.91 Å². The first-order chi connectivity index (χ1) is 12.1. The Labute approximate surface area is 153 Å². The summed E-state index contributed by atoms with van der Waals surface area (Å²) in [4.78, 5) is 24.0. The second-order valence-electron chi connectivity index (χ2n) is 6.19. The fourth-order valence-corrected chi connectivity index (χ4v) is 3.11. The topological polar surface area (TPSA) is 89.5 Å². The molecule has 0 aliphatic heterocycles. The van der Waals surface area contributed by atoms with Crippen molar-refractivity contribution < 1.29 is 22.7 Å². The molecular formula is C19H21NO5S. The summed E-state index contributed by atoms with van der Waals surface area (Å²) in [6.07, 6.45) is 1.12. The van der Waals surface area contributed by atoms with Gasteiger partial charge >= 0.3 is 5.97 Å². The van der Waals surface area contributed by atoms with Crippen LogP contribution in [0.1, 0.15) is 27.0 Å². The molecule has 1 N–H and O–H groups in total. The Hall–Kier alpha value is -2.67. The summed E-state index contributed by atoms with van der Waals surface area (Å²) in [6.45, 7) is 3.48. The van der Waals surface area contributed by atoms with Gasteiger partial charge in [0.05, 0.1) is 11.3 Å². The molecule has 1 amide bonds. The Kier molecular flexibility index (Phi) is 6.15. The molecule has 7 heteroatoms. The number of rotatable bonds is 6. The molecule has 0 atom stereocenters. The van der Waals surface area contributed by atoms with Crippen LogP contribution in [0, 0.1) is 13.8 Å². The molecule has 0 spiro atoms. The number of sulfone groups is 1. The molecule has 0 aliphatic carbocycles. The van der Waals surface area contributed by atoms with E-state index in [0.29, 0.717) is 11.3 Å². The third kappa shape index (κ3) is 6.00. The Morgan fingerprint density at radius 3 is 2.42 bits per heavy atom. The van der Waals surface area contributed by atoms with Gasteiger partial charge in [-0.1, -0.05) is 18.2 Å². The van der Waals surface area contributed by atoms with Gasteiger partial charge in [-0.25, -0.2) is 13.2 Å². The fraction of sp³-hybridized carbons (Fsp3) is 0.263. The summed E-state index contributed by atoms with van der Waals surface area (Å²) in [5.41, 5.74) is 3.47. The standard InChI is InChI=1S/C19H21NO5S/c1-13-7-8-17(9-14(13)2)20-18(21)11-25-19(22)16-6-4-5-15(10-16)12-26(3,23)24/h4-10H,11-12H2,1-3H3,(H,20,21). The number of benzene rings is 2. The van der Waals surface area contributed by atoms with Crippen molar-refractivity contribution in [3.8, 4) is 0 Å². The highest BCUT2D eigenvalue weighted by Crippen LogP contribution is 2.14. The zero-order valence-electron chi connectivity index (χ0n) is 14.9. The summed E-state index contributed by atoms with van der Waals surface area (Å²) in [7, 11) is -3.20. The van der Waals surface area contributed by atoms with Crippen LogP contribution < -0.4 is 5.32 Å². The molecule has 2 aromatic carbocycles. The van der Waals surface area contributed by atoms with Crippen LogP contribution in [0.2, 0.25) is 0 Å². The maximum absolute atomic E-state index is 12.1. The molecule has 2 aromatic rings. The van der Waals surface area contributed by atoms with Crippen LogP contribution in [-0.4, -0.2) is 33.2 Å². The van der Waals surface area contributed by atoms with Crippen molar-refractivity contribution in [2.45, 2.75) is 19.6 Å². The second-order valence-corrected chi connectivity index (χ2v) is 8.33. The Morgan fingerprint density at radius 2 is 1.77 bits per heavy atom. The molecule has 0 radical (unpaired) electrons. The van der Waals surface area contributed by atoms with Crippen molar-refractivity contribution in [1.82, 2.24) is 0 Å². The molecule has 0 heterocycles. The van der Waals surface area contributed by atoms with Crippen LogP contribution in [-0.2, 0) is 25.1 Å². The number of anilines is 1. The van der Waals surface area contributed by atoms with E-state index in [1.807, 2.05) is 26.0 Å². The lowest BCUT2D eigenvalue weighted by molar-refractivity contribution is -0.119. The maximum Gasteiger partial charge on any atom is 0.338 e. The first-order valence-corrected chi connectivity index (χ1v) is 10.0. The molecule has 0 bridgehead atoms. The Bertz CT molecular complexity index is 935. The number of ether oxygens (including phenoxy) is 1. The van der Waals surface area contributed by atoms with Gasteiger partial charge in [-0.05, 0) is 54.8 Å². The van der Waals surface area contributed by atoms with Gasteiger partial charge in [0.1, 0.15) is 0 Å². The lowest BCUT2D eigenvalue weighted by Crippen LogP contribution is -2.21. The highest BCUT2D eigenvalue weighted by Gasteiger charge is 2.12. The van der Waals surface area contributed by atoms with Gasteiger partial charge in [0.15, 0.2) is 16.4 Å². The number of esters is 1. The summed E-state index contributed by atoms with van der Waals surface area (Å²) >= 11 is 0. The van der Waals surface area contributed by atoms with Crippen LogP contribution in [0.5, 0.6) is 0 Å². The highest BCUT2D eigenvalue weighted by molar-refractivity contribution is 7.89. The average molecular weight is 375 g/mol. The SMILES string of the molecule is Cc1ccc(NC(=O)COC(=O)c2cccc(CS(C)(=O)=O)c2)cc1C. The first-order valence-electron chi connectivity index (χ1n) is 7.95. The molecule has 0 aromatic heterocycles. The van der Waals surface area contributed by atoms with E-state index in [0.717, 1.165) is 17.4 Å². The number of nitrogens with one attached hydrogen (secondary N) is 1. The maximum atomic E-state index is 12.1. The number of aryl methyl sites for hydroxylation is 2. The zero-order valence-corrected chi connectivity index (χ0v) is 15.7. The predicted molar refractivity (Wildman–Crippen MR) is 99.8 cm³/mol. The van der Waals surface area contributed by atoms with E-state index in [4.69, 9.17) is 4.74 Å². The third-order valence-corrected chi connectivity index (χ3v) is 4.57. The molecule has 138 valence electrons. The van der Waals surface area contributed by atoms with E-state index in [1.165, 1.54) is 12.1 Å². The molecular weight excluding hydrogens is 354 g/mol. The number of carbonyl (C=O) groups is 2.